The fourth-order valence-electron chi connectivity index (χ4n) is 0.903. The van der Waals surface area contributed by atoms with Crippen molar-refractivity contribution in [3.63, 3.8) is 0 Å². The maximum Gasteiger partial charge on any atom is 0.349 e. The third-order valence-corrected chi connectivity index (χ3v) is 5.16. The standard InChI is InChI=1S/C7H6Cl2O5S2/c1-13-7(10)4-5(16(11,12)14-2)3(8)6(9)15-4/h1-2H3. The molecular formula is C7H6Cl2O5S2. The van der Waals surface area contributed by atoms with Crippen molar-refractivity contribution >= 4 is 50.6 Å². The van der Waals surface area contributed by atoms with Crippen molar-refractivity contribution in [2.45, 2.75) is 4.90 Å². The molecule has 1 heterocycles. The van der Waals surface area contributed by atoms with Gasteiger partial charge in [-0.1, -0.05) is 23.2 Å². The molecule has 0 aliphatic heterocycles. The summed E-state index contributed by atoms with van der Waals surface area (Å²) in [5.41, 5.74) is 0. The molecule has 1 aromatic heterocycles. The maximum atomic E-state index is 11.5. The van der Waals surface area contributed by atoms with Crippen LogP contribution in [0.2, 0.25) is 9.36 Å². The number of hydrogen-bond donors (Lipinski definition) is 0. The monoisotopic (exact) mass is 304 g/mol. The molecule has 0 fully saturated rings. The Balaban J connectivity index is 3.54. The second kappa shape index (κ2) is 4.89. The maximum absolute atomic E-state index is 11.5. The molecule has 9 heteroatoms. The van der Waals surface area contributed by atoms with E-state index in [-0.39, 0.29) is 14.2 Å². The Hall–Kier alpha value is -0.340. The summed E-state index contributed by atoms with van der Waals surface area (Å²) in [6.45, 7) is 0. The van der Waals surface area contributed by atoms with E-state index in [1.807, 2.05) is 0 Å². The zero-order valence-electron chi connectivity index (χ0n) is 8.11. The average Bonchev–Trinajstić information content (AvgIpc) is 2.55. The van der Waals surface area contributed by atoms with Crippen LogP contribution in [-0.4, -0.2) is 28.6 Å². The van der Waals surface area contributed by atoms with E-state index in [0.29, 0.717) is 11.3 Å². The quantitative estimate of drug-likeness (QED) is 0.632. The summed E-state index contributed by atoms with van der Waals surface area (Å²) in [7, 11) is -2.03. The van der Waals surface area contributed by atoms with E-state index in [0.717, 1.165) is 14.2 Å². The summed E-state index contributed by atoms with van der Waals surface area (Å²) in [4.78, 5) is 10.6. The second-order valence-electron chi connectivity index (χ2n) is 2.46. The first kappa shape index (κ1) is 13.7. The van der Waals surface area contributed by atoms with Crippen LogP contribution >= 0.6 is 34.5 Å². The molecule has 0 spiro atoms. The number of esters is 1. The van der Waals surface area contributed by atoms with Gasteiger partial charge in [0.1, 0.15) is 14.1 Å². The molecule has 0 saturated carbocycles. The van der Waals surface area contributed by atoms with Crippen LogP contribution in [0, 0.1) is 0 Å². The number of ether oxygens (including phenoxy) is 1. The molecule has 0 bridgehead atoms. The molecule has 0 radical (unpaired) electrons. The summed E-state index contributed by atoms with van der Waals surface area (Å²) in [5.74, 6) is -0.838. The van der Waals surface area contributed by atoms with E-state index < -0.39 is 21.0 Å². The molecular weight excluding hydrogens is 299 g/mol. The van der Waals surface area contributed by atoms with Crippen molar-refractivity contribution in [2.24, 2.45) is 0 Å². The summed E-state index contributed by atoms with van der Waals surface area (Å²) >= 11 is 12.1. The molecule has 16 heavy (non-hydrogen) atoms. The van der Waals surface area contributed by atoms with Gasteiger partial charge in [-0.05, 0) is 0 Å². The van der Waals surface area contributed by atoms with Crippen molar-refractivity contribution in [1.29, 1.82) is 0 Å². The molecule has 0 unspecified atom stereocenters. The molecule has 0 atom stereocenters. The van der Waals surface area contributed by atoms with Crippen LogP contribution in [0.4, 0.5) is 0 Å². The van der Waals surface area contributed by atoms with Gasteiger partial charge in [0.2, 0.25) is 0 Å². The van der Waals surface area contributed by atoms with Crippen molar-refractivity contribution in [3.8, 4) is 0 Å². The van der Waals surface area contributed by atoms with Crippen molar-refractivity contribution in [2.75, 3.05) is 14.2 Å². The molecule has 0 saturated heterocycles. The van der Waals surface area contributed by atoms with Crippen LogP contribution < -0.4 is 0 Å². The third-order valence-electron chi connectivity index (χ3n) is 1.61. The Labute approximate surface area is 106 Å². The van der Waals surface area contributed by atoms with E-state index >= 15 is 0 Å². The number of thiophene rings is 1. The molecule has 0 aliphatic rings. The minimum atomic E-state index is -4.10. The van der Waals surface area contributed by atoms with Gasteiger partial charge in [-0.2, -0.15) is 8.42 Å². The van der Waals surface area contributed by atoms with E-state index in [9.17, 15) is 13.2 Å². The Bertz CT molecular complexity index is 519. The zero-order chi connectivity index (χ0) is 12.5. The highest BCUT2D eigenvalue weighted by Crippen LogP contribution is 2.40. The summed E-state index contributed by atoms with van der Waals surface area (Å²) in [5, 5.41) is -0.242. The van der Waals surface area contributed by atoms with Gasteiger partial charge in [0.05, 0.1) is 19.2 Å². The Morgan fingerprint density at radius 3 is 2.31 bits per heavy atom. The van der Waals surface area contributed by atoms with Crippen LogP contribution in [0.5, 0.6) is 0 Å². The van der Waals surface area contributed by atoms with Gasteiger partial charge in [0.25, 0.3) is 10.1 Å². The van der Waals surface area contributed by atoms with Gasteiger partial charge in [0, 0.05) is 0 Å². The van der Waals surface area contributed by atoms with Gasteiger partial charge < -0.3 is 4.74 Å². The van der Waals surface area contributed by atoms with Gasteiger partial charge >= 0.3 is 5.97 Å². The smallest absolute Gasteiger partial charge is 0.349 e. The highest BCUT2D eigenvalue weighted by atomic mass is 35.5. The van der Waals surface area contributed by atoms with E-state index in [2.05, 4.69) is 8.92 Å². The van der Waals surface area contributed by atoms with Crippen LogP contribution in [0.1, 0.15) is 9.67 Å². The number of carbonyl (C=O) groups is 1. The summed E-state index contributed by atoms with van der Waals surface area (Å²) in [6, 6.07) is 0. The van der Waals surface area contributed by atoms with Crippen LogP contribution in [0.3, 0.4) is 0 Å². The predicted molar refractivity (Wildman–Crippen MR) is 59.9 cm³/mol. The van der Waals surface area contributed by atoms with Crippen LogP contribution in [-0.2, 0) is 19.0 Å². The number of carbonyl (C=O) groups excluding carboxylic acids is 1. The number of rotatable bonds is 3. The Morgan fingerprint density at radius 2 is 1.88 bits per heavy atom. The minimum Gasteiger partial charge on any atom is -0.465 e. The lowest BCUT2D eigenvalue weighted by molar-refractivity contribution is 0.0602. The Morgan fingerprint density at radius 1 is 1.31 bits per heavy atom. The first-order valence-corrected chi connectivity index (χ1v) is 6.70. The zero-order valence-corrected chi connectivity index (χ0v) is 11.3. The normalized spacial score (nSPS) is 11.5. The first-order chi connectivity index (χ1) is 7.35. The fourth-order valence-corrected chi connectivity index (χ4v) is 3.86. The van der Waals surface area contributed by atoms with E-state index in [4.69, 9.17) is 23.2 Å². The lowest BCUT2D eigenvalue weighted by atomic mass is 10.5. The largest absolute Gasteiger partial charge is 0.465 e. The molecule has 5 nitrogen and oxygen atoms in total. The molecule has 0 aliphatic carbocycles. The summed E-state index contributed by atoms with van der Waals surface area (Å²) in [6.07, 6.45) is 0. The lowest BCUT2D eigenvalue weighted by Crippen LogP contribution is -2.09. The van der Waals surface area contributed by atoms with Crippen LogP contribution in [0.15, 0.2) is 4.90 Å². The van der Waals surface area contributed by atoms with Crippen molar-refractivity contribution < 1.29 is 22.1 Å². The first-order valence-electron chi connectivity index (χ1n) is 3.72. The average molecular weight is 305 g/mol. The minimum absolute atomic E-state index is 0.0160. The highest BCUT2D eigenvalue weighted by molar-refractivity contribution is 7.87. The van der Waals surface area contributed by atoms with Crippen molar-refractivity contribution in [3.05, 3.63) is 14.2 Å². The third kappa shape index (κ3) is 2.33. The molecule has 90 valence electrons. The molecule has 0 aromatic carbocycles. The van der Waals surface area contributed by atoms with Gasteiger partial charge in [-0.15, -0.1) is 11.3 Å². The topological polar surface area (TPSA) is 69.7 Å². The summed E-state index contributed by atoms with van der Waals surface area (Å²) < 4.78 is 31.7. The lowest BCUT2D eigenvalue weighted by Gasteiger charge is -2.02. The number of halogens is 2. The van der Waals surface area contributed by atoms with Crippen molar-refractivity contribution in [1.82, 2.24) is 0 Å². The molecule has 0 amide bonds. The number of methoxy groups -OCH3 is 1. The van der Waals surface area contributed by atoms with Gasteiger partial charge in [-0.3, -0.25) is 4.18 Å². The molecule has 1 rings (SSSR count). The second-order valence-corrected chi connectivity index (χ2v) is 6.11. The van der Waals surface area contributed by atoms with Gasteiger partial charge in [-0.25, -0.2) is 4.79 Å². The molecule has 1 aromatic rings. The van der Waals surface area contributed by atoms with E-state index in [1.165, 1.54) is 0 Å². The highest BCUT2D eigenvalue weighted by Gasteiger charge is 2.31. The van der Waals surface area contributed by atoms with Crippen LogP contribution in [0.25, 0.3) is 0 Å². The van der Waals surface area contributed by atoms with Gasteiger partial charge in [0.15, 0.2) is 0 Å². The Kier molecular flexibility index (Phi) is 4.19. The predicted octanol–water partition coefficient (Wildman–Crippen LogP) is 2.18. The molecule has 0 N–H and O–H groups in total. The SMILES string of the molecule is COC(=O)c1sc(Cl)c(Cl)c1S(=O)(=O)OC. The fraction of sp³-hybridized carbons (Fsp3) is 0.286. The van der Waals surface area contributed by atoms with E-state index in [1.54, 1.807) is 0 Å². The number of hydrogen-bond acceptors (Lipinski definition) is 6.